The van der Waals surface area contributed by atoms with Crippen LogP contribution in [0.3, 0.4) is 0 Å². The lowest BCUT2D eigenvalue weighted by Gasteiger charge is -2.50. The molecule has 1 aliphatic heterocycles. The summed E-state index contributed by atoms with van der Waals surface area (Å²) >= 11 is 0. The summed E-state index contributed by atoms with van der Waals surface area (Å²) in [5.74, 6) is 3.09. The molecule has 0 radical (unpaired) electrons. The molecule has 1 nitrogen and oxygen atoms in total. The highest BCUT2D eigenvalue weighted by Crippen LogP contribution is 2.53. The molecule has 1 saturated heterocycles. The Morgan fingerprint density at radius 2 is 1.65 bits per heavy atom. The molecule has 1 heterocycles. The lowest BCUT2D eigenvalue weighted by molar-refractivity contribution is 0.0110. The van der Waals surface area contributed by atoms with E-state index in [1.807, 2.05) is 0 Å². The topological polar surface area (TPSA) is 12.0 Å². The highest BCUT2D eigenvalue weighted by Gasteiger charge is 2.45. The lowest BCUT2D eigenvalue weighted by Crippen LogP contribution is -2.49. The minimum atomic E-state index is 0.757. The smallest absolute Gasteiger partial charge is 0.00125 e. The third kappa shape index (κ3) is 2.28. The molecular formula is C16H29N. The zero-order valence-electron chi connectivity index (χ0n) is 11.5. The van der Waals surface area contributed by atoms with E-state index in [-0.39, 0.29) is 0 Å². The molecule has 3 rings (SSSR count). The van der Waals surface area contributed by atoms with Crippen LogP contribution in [0, 0.1) is 23.2 Å². The van der Waals surface area contributed by atoms with Crippen molar-refractivity contribution >= 4 is 0 Å². The van der Waals surface area contributed by atoms with Crippen molar-refractivity contribution in [3.05, 3.63) is 0 Å². The predicted octanol–water partition coefficient (Wildman–Crippen LogP) is 3.98. The molecule has 0 amide bonds. The number of hydrogen-bond acceptors (Lipinski definition) is 1. The molecule has 2 saturated carbocycles. The van der Waals surface area contributed by atoms with E-state index < -0.39 is 0 Å². The number of hydrogen-bond donors (Lipinski definition) is 1. The molecule has 0 aromatic heterocycles. The molecule has 1 heteroatoms. The van der Waals surface area contributed by atoms with Crippen LogP contribution in [0.2, 0.25) is 0 Å². The van der Waals surface area contributed by atoms with Gasteiger partial charge in [0.2, 0.25) is 0 Å². The molecule has 0 bridgehead atoms. The monoisotopic (exact) mass is 235 g/mol. The van der Waals surface area contributed by atoms with Crippen LogP contribution >= 0.6 is 0 Å². The molecule has 3 fully saturated rings. The van der Waals surface area contributed by atoms with Crippen molar-refractivity contribution < 1.29 is 0 Å². The summed E-state index contributed by atoms with van der Waals surface area (Å²) in [5, 5.41) is 3.69. The Hall–Kier alpha value is -0.0400. The highest BCUT2D eigenvalue weighted by molar-refractivity contribution is 4.97. The van der Waals surface area contributed by atoms with Crippen molar-refractivity contribution in [2.24, 2.45) is 23.2 Å². The third-order valence-electron chi connectivity index (χ3n) is 6.19. The SMILES string of the molecule is CC1CCC2(CCNCC2C2CCCC2)CC1. The van der Waals surface area contributed by atoms with Crippen LogP contribution in [0.15, 0.2) is 0 Å². The van der Waals surface area contributed by atoms with E-state index in [1.54, 1.807) is 0 Å². The van der Waals surface area contributed by atoms with Crippen molar-refractivity contribution in [1.29, 1.82) is 0 Å². The largest absolute Gasteiger partial charge is 0.316 e. The van der Waals surface area contributed by atoms with Gasteiger partial charge in [0.05, 0.1) is 0 Å². The summed E-state index contributed by atoms with van der Waals surface area (Å²) in [4.78, 5) is 0. The Kier molecular flexibility index (Phi) is 3.47. The fraction of sp³-hybridized carbons (Fsp3) is 1.00. The number of rotatable bonds is 1. The molecule has 1 spiro atoms. The predicted molar refractivity (Wildman–Crippen MR) is 73.0 cm³/mol. The van der Waals surface area contributed by atoms with Gasteiger partial charge in [-0.25, -0.2) is 0 Å². The summed E-state index contributed by atoms with van der Waals surface area (Å²) in [6.07, 6.45) is 13.6. The molecule has 2 aliphatic carbocycles. The van der Waals surface area contributed by atoms with Gasteiger partial charge >= 0.3 is 0 Å². The molecular weight excluding hydrogens is 206 g/mol. The Bertz CT molecular complexity index is 246. The summed E-state index contributed by atoms with van der Waals surface area (Å²) in [6, 6.07) is 0. The second-order valence-electron chi connectivity index (χ2n) is 7.15. The first kappa shape index (κ1) is 12.0. The molecule has 17 heavy (non-hydrogen) atoms. The van der Waals surface area contributed by atoms with Gasteiger partial charge in [-0.2, -0.15) is 0 Å². The fourth-order valence-electron chi connectivity index (χ4n) is 4.98. The second-order valence-corrected chi connectivity index (χ2v) is 7.15. The molecule has 1 N–H and O–H groups in total. The first-order valence-corrected chi connectivity index (χ1v) is 8.01. The molecule has 98 valence electrons. The fourth-order valence-corrected chi connectivity index (χ4v) is 4.98. The highest BCUT2D eigenvalue weighted by atomic mass is 14.9. The zero-order valence-corrected chi connectivity index (χ0v) is 11.5. The molecule has 3 aliphatic rings. The van der Waals surface area contributed by atoms with Crippen molar-refractivity contribution in [1.82, 2.24) is 5.32 Å². The Labute approximate surface area is 107 Å². The van der Waals surface area contributed by atoms with Gasteiger partial charge < -0.3 is 5.32 Å². The average Bonchev–Trinajstić information content (AvgIpc) is 2.87. The molecule has 0 aromatic carbocycles. The average molecular weight is 235 g/mol. The minimum absolute atomic E-state index is 0.757. The van der Waals surface area contributed by atoms with Crippen LogP contribution in [0.4, 0.5) is 0 Å². The van der Waals surface area contributed by atoms with Crippen LogP contribution in [0.5, 0.6) is 0 Å². The van der Waals surface area contributed by atoms with Crippen LogP contribution in [-0.2, 0) is 0 Å². The Balaban J connectivity index is 1.74. The van der Waals surface area contributed by atoms with Crippen LogP contribution in [0.25, 0.3) is 0 Å². The van der Waals surface area contributed by atoms with Gasteiger partial charge in [0, 0.05) is 0 Å². The van der Waals surface area contributed by atoms with Crippen molar-refractivity contribution in [2.45, 2.75) is 64.7 Å². The van der Waals surface area contributed by atoms with Gasteiger partial charge in [-0.05, 0) is 55.5 Å². The van der Waals surface area contributed by atoms with Gasteiger partial charge in [0.1, 0.15) is 0 Å². The maximum Gasteiger partial charge on any atom is -0.00125 e. The number of piperidine rings is 1. The van der Waals surface area contributed by atoms with Gasteiger partial charge in [0.25, 0.3) is 0 Å². The quantitative estimate of drug-likeness (QED) is 0.725. The summed E-state index contributed by atoms with van der Waals surface area (Å²) in [7, 11) is 0. The first-order valence-electron chi connectivity index (χ1n) is 8.01. The molecule has 1 unspecified atom stereocenters. The normalized spacial score (nSPS) is 44.3. The Morgan fingerprint density at radius 3 is 2.35 bits per heavy atom. The van der Waals surface area contributed by atoms with Crippen molar-refractivity contribution in [3.63, 3.8) is 0 Å². The lowest BCUT2D eigenvalue weighted by atomic mass is 9.57. The van der Waals surface area contributed by atoms with Crippen molar-refractivity contribution in [3.8, 4) is 0 Å². The van der Waals surface area contributed by atoms with Crippen LogP contribution in [-0.4, -0.2) is 13.1 Å². The van der Waals surface area contributed by atoms with Gasteiger partial charge in [-0.15, -0.1) is 0 Å². The molecule has 0 aromatic rings. The van der Waals surface area contributed by atoms with E-state index in [0.717, 1.165) is 23.2 Å². The van der Waals surface area contributed by atoms with E-state index in [2.05, 4.69) is 12.2 Å². The second kappa shape index (κ2) is 4.91. The maximum atomic E-state index is 3.69. The zero-order chi connectivity index (χ0) is 11.7. The summed E-state index contributed by atoms with van der Waals surface area (Å²) in [6.45, 7) is 5.08. The van der Waals surface area contributed by atoms with Gasteiger partial charge in [0.15, 0.2) is 0 Å². The first-order chi connectivity index (χ1) is 8.30. The Morgan fingerprint density at radius 1 is 0.941 bits per heavy atom. The maximum absolute atomic E-state index is 3.69. The summed E-state index contributed by atoms with van der Waals surface area (Å²) in [5.41, 5.74) is 0.757. The van der Waals surface area contributed by atoms with E-state index in [4.69, 9.17) is 0 Å². The summed E-state index contributed by atoms with van der Waals surface area (Å²) < 4.78 is 0. The van der Waals surface area contributed by atoms with Crippen LogP contribution in [0.1, 0.15) is 64.7 Å². The standard InChI is InChI=1S/C16H29N/c1-13-6-8-16(9-7-13)10-11-17-12-15(16)14-4-2-3-5-14/h13-15,17H,2-12H2,1H3. The minimum Gasteiger partial charge on any atom is -0.316 e. The van der Waals surface area contributed by atoms with Gasteiger partial charge in [-0.1, -0.05) is 45.4 Å². The van der Waals surface area contributed by atoms with Crippen molar-refractivity contribution in [2.75, 3.05) is 13.1 Å². The molecule has 1 atom stereocenters. The van der Waals surface area contributed by atoms with E-state index in [9.17, 15) is 0 Å². The van der Waals surface area contributed by atoms with Gasteiger partial charge in [-0.3, -0.25) is 0 Å². The van der Waals surface area contributed by atoms with E-state index in [1.165, 1.54) is 70.9 Å². The third-order valence-corrected chi connectivity index (χ3v) is 6.19. The number of nitrogens with one attached hydrogen (secondary N) is 1. The van der Waals surface area contributed by atoms with Crippen LogP contribution < -0.4 is 5.32 Å². The van der Waals surface area contributed by atoms with E-state index in [0.29, 0.717) is 0 Å². The van der Waals surface area contributed by atoms with E-state index >= 15 is 0 Å².